The molecule has 2 heterocycles. The number of nitrogens with two attached hydrogens (primary N) is 1. The number of aromatic carboxylic acids is 1. The van der Waals surface area contributed by atoms with Gasteiger partial charge in [0.15, 0.2) is 23.1 Å². The number of methoxy groups -OCH3 is 1. The number of benzene rings is 2. The molecule has 2 aromatic carbocycles. The lowest BCUT2D eigenvalue weighted by atomic mass is 9.98. The Morgan fingerprint density at radius 1 is 1.22 bits per heavy atom. The molecular weight excluding hydrogens is 540 g/mol. The van der Waals surface area contributed by atoms with Gasteiger partial charge in [0.2, 0.25) is 0 Å². The van der Waals surface area contributed by atoms with Gasteiger partial charge in [-0.25, -0.2) is 23.1 Å². The summed E-state index contributed by atoms with van der Waals surface area (Å²) in [6.07, 6.45) is 0.995. The van der Waals surface area contributed by atoms with Gasteiger partial charge in [-0.15, -0.1) is 0 Å². The van der Waals surface area contributed by atoms with Crippen LogP contribution in [0.5, 0.6) is 0 Å². The molecule has 0 spiro atoms. The molecule has 4 rings (SSSR count). The van der Waals surface area contributed by atoms with Crippen molar-refractivity contribution in [1.29, 1.82) is 0 Å². The van der Waals surface area contributed by atoms with Crippen LogP contribution in [-0.4, -0.2) is 65.1 Å². The number of nitrogens with zero attached hydrogens (tertiary/aromatic N) is 3. The summed E-state index contributed by atoms with van der Waals surface area (Å²) in [5.41, 5.74) is 6.34. The molecule has 1 unspecified atom stereocenters. The van der Waals surface area contributed by atoms with Crippen LogP contribution in [0.1, 0.15) is 28.4 Å². The van der Waals surface area contributed by atoms with Crippen molar-refractivity contribution in [3.05, 3.63) is 75.9 Å². The lowest BCUT2D eigenvalue weighted by molar-refractivity contribution is 0.0689. The van der Waals surface area contributed by atoms with Crippen LogP contribution in [-0.2, 0) is 4.74 Å². The zero-order chi connectivity index (χ0) is 26.2. The summed E-state index contributed by atoms with van der Waals surface area (Å²) in [6, 6.07) is 12.2. The first-order valence-corrected chi connectivity index (χ1v) is 11.8. The van der Waals surface area contributed by atoms with Gasteiger partial charge in [0.05, 0.1) is 16.8 Å². The molecule has 9 nitrogen and oxygen atoms in total. The standard InChI is InChI=1S/C13H17F2NO.C11H9BrN4O3/c1-17-7-6-16-5-4-11(9-16)10-2-3-12(14)13(15)8-10;12-7-8(10(17)18)15-16(9(7)14-11(13)19)6-4-2-1-3-5-6/h2-3,8,11H,4-7,9H2,1H3;1-5H,(H,17,18)(H3,13,14,19). The highest BCUT2D eigenvalue weighted by Crippen LogP contribution is 2.29. The largest absolute Gasteiger partial charge is 0.476 e. The van der Waals surface area contributed by atoms with Crippen molar-refractivity contribution in [2.24, 2.45) is 5.73 Å². The predicted molar refractivity (Wildman–Crippen MR) is 133 cm³/mol. The maximum atomic E-state index is 13.1. The number of primary amides is 1. The molecule has 3 aromatic rings. The minimum atomic E-state index is -1.21. The first-order chi connectivity index (χ1) is 17.2. The van der Waals surface area contributed by atoms with E-state index in [4.69, 9.17) is 15.6 Å². The van der Waals surface area contributed by atoms with Crippen LogP contribution in [0.25, 0.3) is 5.69 Å². The monoisotopic (exact) mass is 565 g/mol. The quantitative estimate of drug-likeness (QED) is 0.394. The number of carbonyl (C=O) groups excluding carboxylic acids is 1. The number of rotatable bonds is 7. The topological polar surface area (TPSA) is 123 Å². The number of likely N-dealkylation sites (tertiary alicyclic amines) is 1. The number of anilines is 1. The Bertz CT molecular complexity index is 1210. The van der Waals surface area contributed by atoms with Crippen molar-refractivity contribution in [3.63, 3.8) is 0 Å². The van der Waals surface area contributed by atoms with Gasteiger partial charge >= 0.3 is 12.0 Å². The summed E-state index contributed by atoms with van der Waals surface area (Å²) >= 11 is 3.09. The fourth-order valence-electron chi connectivity index (χ4n) is 3.81. The Morgan fingerprint density at radius 2 is 1.94 bits per heavy atom. The highest BCUT2D eigenvalue weighted by molar-refractivity contribution is 9.10. The van der Waals surface area contributed by atoms with Crippen LogP contribution < -0.4 is 11.1 Å². The van der Waals surface area contributed by atoms with Crippen molar-refractivity contribution in [2.75, 3.05) is 38.7 Å². The van der Waals surface area contributed by atoms with E-state index in [-0.39, 0.29) is 16.0 Å². The van der Waals surface area contributed by atoms with Crippen molar-refractivity contribution in [1.82, 2.24) is 14.7 Å². The number of ether oxygens (including phenoxy) is 1. The molecular formula is C24H26BrF2N5O4. The van der Waals surface area contributed by atoms with Crippen molar-refractivity contribution in [2.45, 2.75) is 12.3 Å². The van der Waals surface area contributed by atoms with E-state index in [1.54, 1.807) is 43.5 Å². The Balaban J connectivity index is 0.000000202. The molecule has 192 valence electrons. The zero-order valence-electron chi connectivity index (χ0n) is 19.5. The van der Waals surface area contributed by atoms with Crippen LogP contribution in [0.15, 0.2) is 53.0 Å². The fraction of sp³-hybridized carbons (Fsp3) is 0.292. The maximum absolute atomic E-state index is 13.1. The first kappa shape index (κ1) is 27.2. The predicted octanol–water partition coefficient (Wildman–Crippen LogP) is 4.22. The normalized spacial score (nSPS) is 15.3. The number of hydrogen-bond donors (Lipinski definition) is 3. The Morgan fingerprint density at radius 3 is 2.56 bits per heavy atom. The highest BCUT2D eigenvalue weighted by atomic mass is 79.9. The molecule has 0 saturated carbocycles. The second-order valence-electron chi connectivity index (χ2n) is 8.01. The fourth-order valence-corrected chi connectivity index (χ4v) is 4.33. The van der Waals surface area contributed by atoms with E-state index < -0.39 is 23.6 Å². The number of urea groups is 1. The summed E-state index contributed by atoms with van der Waals surface area (Å²) in [7, 11) is 1.68. The molecule has 2 amide bonds. The summed E-state index contributed by atoms with van der Waals surface area (Å²) in [6.45, 7) is 3.50. The SMILES string of the molecule is COCCN1CCC(c2ccc(F)c(F)c2)C1.NC(=O)Nc1c(Br)c(C(=O)O)nn1-c1ccccc1. The van der Waals surface area contributed by atoms with Gasteiger partial charge in [0.1, 0.15) is 0 Å². The van der Waals surface area contributed by atoms with Crippen molar-refractivity contribution < 1.29 is 28.2 Å². The average Bonchev–Trinajstić information content (AvgIpc) is 3.45. The van der Waals surface area contributed by atoms with Crippen molar-refractivity contribution in [3.8, 4) is 5.69 Å². The number of para-hydroxylation sites is 1. The Labute approximate surface area is 215 Å². The molecule has 1 saturated heterocycles. The van der Waals surface area contributed by atoms with Crippen LogP contribution in [0.2, 0.25) is 0 Å². The van der Waals surface area contributed by atoms with Crippen LogP contribution >= 0.6 is 15.9 Å². The number of nitrogens with one attached hydrogen (secondary N) is 1. The number of amides is 2. The van der Waals surface area contributed by atoms with Gasteiger partial charge in [0.25, 0.3) is 0 Å². The summed E-state index contributed by atoms with van der Waals surface area (Å²) in [5, 5.41) is 15.3. The molecule has 4 N–H and O–H groups in total. The first-order valence-electron chi connectivity index (χ1n) is 11.0. The average molecular weight is 566 g/mol. The number of aromatic nitrogens is 2. The number of carbonyl (C=O) groups is 2. The third kappa shape index (κ3) is 6.86. The number of carboxylic acids is 1. The van der Waals surface area contributed by atoms with Gasteiger partial charge in [0, 0.05) is 20.2 Å². The minimum Gasteiger partial charge on any atom is -0.476 e. The molecule has 1 aliphatic rings. The lowest BCUT2D eigenvalue weighted by Crippen LogP contribution is -2.24. The summed E-state index contributed by atoms with van der Waals surface area (Å²) in [4.78, 5) is 24.3. The van der Waals surface area contributed by atoms with Crippen molar-refractivity contribution >= 4 is 33.7 Å². The van der Waals surface area contributed by atoms with E-state index in [9.17, 15) is 18.4 Å². The molecule has 1 atom stereocenters. The van der Waals surface area contributed by atoms with Gasteiger partial charge in [-0.1, -0.05) is 24.3 Å². The molecule has 1 aliphatic heterocycles. The Hall–Kier alpha value is -3.35. The molecule has 1 aromatic heterocycles. The third-order valence-electron chi connectivity index (χ3n) is 5.57. The molecule has 0 bridgehead atoms. The minimum absolute atomic E-state index is 0.155. The van der Waals surface area contributed by atoms with E-state index in [0.29, 0.717) is 18.2 Å². The number of halogens is 3. The third-order valence-corrected chi connectivity index (χ3v) is 6.32. The molecule has 0 radical (unpaired) electrons. The van der Waals surface area contributed by atoms with E-state index >= 15 is 0 Å². The van der Waals surface area contributed by atoms with E-state index in [1.807, 2.05) is 0 Å². The summed E-state index contributed by atoms with van der Waals surface area (Å²) < 4.78 is 32.4. The van der Waals surface area contributed by atoms with E-state index in [2.05, 4.69) is 31.2 Å². The van der Waals surface area contributed by atoms with Gasteiger partial charge < -0.3 is 20.5 Å². The second kappa shape index (κ2) is 12.6. The molecule has 12 heteroatoms. The molecule has 1 fully saturated rings. The summed E-state index contributed by atoms with van der Waals surface area (Å²) in [5.74, 6) is -2.27. The van der Waals surface area contributed by atoms with E-state index in [0.717, 1.165) is 31.6 Å². The van der Waals surface area contributed by atoms with Gasteiger partial charge in [-0.2, -0.15) is 5.10 Å². The zero-order valence-corrected chi connectivity index (χ0v) is 21.0. The smallest absolute Gasteiger partial charge is 0.357 e. The van der Waals surface area contributed by atoms with Crippen LogP contribution in [0.4, 0.5) is 19.4 Å². The highest BCUT2D eigenvalue weighted by Gasteiger charge is 2.24. The second-order valence-corrected chi connectivity index (χ2v) is 8.80. The van der Waals surface area contributed by atoms with Crippen LogP contribution in [0.3, 0.4) is 0 Å². The van der Waals surface area contributed by atoms with Gasteiger partial charge in [-0.3, -0.25) is 5.32 Å². The van der Waals surface area contributed by atoms with Crippen LogP contribution in [0, 0.1) is 11.6 Å². The number of carboxylic acid groups (broad SMARTS) is 1. The number of hydrogen-bond acceptors (Lipinski definition) is 5. The van der Waals surface area contributed by atoms with E-state index in [1.165, 1.54) is 16.8 Å². The maximum Gasteiger partial charge on any atom is 0.357 e. The Kier molecular flexibility index (Phi) is 9.51. The molecule has 0 aliphatic carbocycles. The van der Waals surface area contributed by atoms with Gasteiger partial charge in [-0.05, 0) is 64.6 Å². The molecule has 36 heavy (non-hydrogen) atoms. The lowest BCUT2D eigenvalue weighted by Gasteiger charge is -2.15.